The second-order valence-corrected chi connectivity index (χ2v) is 5.83. The van der Waals surface area contributed by atoms with Crippen molar-refractivity contribution < 1.29 is 4.74 Å². The molecule has 1 heterocycles. The van der Waals surface area contributed by atoms with Crippen molar-refractivity contribution in [2.75, 3.05) is 7.11 Å². The van der Waals surface area contributed by atoms with Crippen molar-refractivity contribution in [1.82, 2.24) is 4.98 Å². The van der Waals surface area contributed by atoms with Gasteiger partial charge in [0.05, 0.1) is 18.3 Å². The lowest BCUT2D eigenvalue weighted by atomic mass is 9.87. The van der Waals surface area contributed by atoms with E-state index >= 15 is 0 Å². The third-order valence-electron chi connectivity index (χ3n) is 3.53. The SMILES string of the molecule is COc1cncc(-c2ccc(C(C(N)=S)C(C)C)cc2)c1. The summed E-state index contributed by atoms with van der Waals surface area (Å²) in [5, 5.41) is 0. The lowest BCUT2D eigenvalue weighted by molar-refractivity contribution is 0.413. The summed E-state index contributed by atoms with van der Waals surface area (Å²) in [5.41, 5.74) is 9.13. The van der Waals surface area contributed by atoms with Crippen LogP contribution in [0.4, 0.5) is 0 Å². The van der Waals surface area contributed by atoms with Gasteiger partial charge in [-0.2, -0.15) is 0 Å². The summed E-state index contributed by atoms with van der Waals surface area (Å²) in [4.78, 5) is 4.72. The molecule has 1 aromatic heterocycles. The average Bonchev–Trinajstić information content (AvgIpc) is 2.47. The van der Waals surface area contributed by atoms with Gasteiger partial charge in [0.25, 0.3) is 0 Å². The highest BCUT2D eigenvalue weighted by Gasteiger charge is 2.18. The molecule has 2 N–H and O–H groups in total. The zero-order valence-corrected chi connectivity index (χ0v) is 13.4. The van der Waals surface area contributed by atoms with E-state index in [1.54, 1.807) is 13.3 Å². The molecular formula is C17H20N2OS. The topological polar surface area (TPSA) is 48.1 Å². The summed E-state index contributed by atoms with van der Waals surface area (Å²) in [5.74, 6) is 1.24. The van der Waals surface area contributed by atoms with Crippen LogP contribution in [0, 0.1) is 5.92 Å². The van der Waals surface area contributed by atoms with Crippen LogP contribution in [0.2, 0.25) is 0 Å². The van der Waals surface area contributed by atoms with Gasteiger partial charge in [0.2, 0.25) is 0 Å². The first-order chi connectivity index (χ1) is 10.0. The zero-order valence-electron chi connectivity index (χ0n) is 12.5. The van der Waals surface area contributed by atoms with Gasteiger partial charge in [0.15, 0.2) is 0 Å². The number of rotatable bonds is 5. The predicted molar refractivity (Wildman–Crippen MR) is 90.6 cm³/mol. The van der Waals surface area contributed by atoms with Gasteiger partial charge >= 0.3 is 0 Å². The molecular weight excluding hydrogens is 280 g/mol. The molecule has 0 fully saturated rings. The maximum atomic E-state index is 5.86. The molecule has 0 aliphatic heterocycles. The maximum Gasteiger partial charge on any atom is 0.137 e. The number of methoxy groups -OCH3 is 1. The van der Waals surface area contributed by atoms with E-state index in [4.69, 9.17) is 22.7 Å². The lowest BCUT2D eigenvalue weighted by Gasteiger charge is -2.20. The number of hydrogen-bond donors (Lipinski definition) is 1. The molecule has 0 amide bonds. The van der Waals surface area contributed by atoms with Crippen molar-refractivity contribution in [1.29, 1.82) is 0 Å². The van der Waals surface area contributed by atoms with E-state index < -0.39 is 0 Å². The van der Waals surface area contributed by atoms with E-state index in [0.717, 1.165) is 22.4 Å². The number of ether oxygens (including phenoxy) is 1. The van der Waals surface area contributed by atoms with Gasteiger partial charge in [-0.1, -0.05) is 50.3 Å². The number of pyridine rings is 1. The summed E-state index contributed by atoms with van der Waals surface area (Å²) in [6, 6.07) is 10.3. The highest BCUT2D eigenvalue weighted by atomic mass is 32.1. The van der Waals surface area contributed by atoms with Crippen molar-refractivity contribution in [2.24, 2.45) is 11.7 Å². The molecule has 0 saturated heterocycles. The minimum absolute atomic E-state index is 0.109. The monoisotopic (exact) mass is 300 g/mol. The molecule has 2 rings (SSSR count). The van der Waals surface area contributed by atoms with Crippen LogP contribution >= 0.6 is 12.2 Å². The summed E-state index contributed by atoms with van der Waals surface area (Å²) < 4.78 is 5.21. The molecule has 1 atom stereocenters. The number of thiocarbonyl (C=S) groups is 1. The Morgan fingerprint density at radius 3 is 2.33 bits per heavy atom. The highest BCUT2D eigenvalue weighted by molar-refractivity contribution is 7.80. The van der Waals surface area contributed by atoms with Crippen LogP contribution < -0.4 is 10.5 Å². The van der Waals surface area contributed by atoms with Crippen LogP contribution in [-0.2, 0) is 0 Å². The van der Waals surface area contributed by atoms with E-state index in [-0.39, 0.29) is 5.92 Å². The Balaban J connectivity index is 2.31. The van der Waals surface area contributed by atoms with E-state index in [9.17, 15) is 0 Å². The number of aromatic nitrogens is 1. The first kappa shape index (κ1) is 15.4. The fourth-order valence-corrected chi connectivity index (χ4v) is 2.86. The fourth-order valence-electron chi connectivity index (χ4n) is 2.45. The minimum Gasteiger partial charge on any atom is -0.495 e. The Labute approximate surface area is 131 Å². The van der Waals surface area contributed by atoms with Crippen molar-refractivity contribution in [3.05, 3.63) is 48.3 Å². The molecule has 1 aromatic carbocycles. The van der Waals surface area contributed by atoms with Gasteiger partial charge in [0, 0.05) is 17.7 Å². The van der Waals surface area contributed by atoms with Crippen molar-refractivity contribution in [3.63, 3.8) is 0 Å². The summed E-state index contributed by atoms with van der Waals surface area (Å²) >= 11 is 5.19. The summed E-state index contributed by atoms with van der Waals surface area (Å²) in [7, 11) is 1.64. The number of hydrogen-bond acceptors (Lipinski definition) is 3. The Hall–Kier alpha value is -1.94. The van der Waals surface area contributed by atoms with Gasteiger partial charge in [-0.05, 0) is 23.1 Å². The molecule has 0 bridgehead atoms. The number of benzene rings is 1. The molecule has 4 heteroatoms. The predicted octanol–water partition coefficient (Wildman–Crippen LogP) is 3.78. The Morgan fingerprint density at radius 1 is 1.14 bits per heavy atom. The number of nitrogens with two attached hydrogens (primary N) is 1. The van der Waals surface area contributed by atoms with E-state index in [0.29, 0.717) is 10.9 Å². The van der Waals surface area contributed by atoms with Gasteiger partial charge in [-0.3, -0.25) is 4.98 Å². The molecule has 0 radical (unpaired) electrons. The smallest absolute Gasteiger partial charge is 0.137 e. The molecule has 2 aromatic rings. The Morgan fingerprint density at radius 2 is 1.81 bits per heavy atom. The van der Waals surface area contributed by atoms with Crippen molar-refractivity contribution in [2.45, 2.75) is 19.8 Å². The quantitative estimate of drug-likeness (QED) is 0.854. The molecule has 0 aliphatic carbocycles. The first-order valence-electron chi connectivity index (χ1n) is 6.91. The Kier molecular flexibility index (Phi) is 4.91. The van der Waals surface area contributed by atoms with Gasteiger partial charge in [-0.15, -0.1) is 0 Å². The largest absolute Gasteiger partial charge is 0.495 e. The standard InChI is InChI=1S/C17H20N2OS/c1-11(2)16(17(18)21)13-6-4-12(5-7-13)14-8-15(20-3)10-19-9-14/h4-11,16H,1-3H3,(H2,18,21). The van der Waals surface area contributed by atoms with Crippen LogP contribution in [0.1, 0.15) is 25.3 Å². The maximum absolute atomic E-state index is 5.86. The molecule has 0 spiro atoms. The molecule has 21 heavy (non-hydrogen) atoms. The highest BCUT2D eigenvalue weighted by Crippen LogP contribution is 2.28. The second-order valence-electron chi connectivity index (χ2n) is 5.36. The number of nitrogens with zero attached hydrogens (tertiary/aromatic N) is 1. The molecule has 110 valence electrons. The second kappa shape index (κ2) is 6.68. The summed E-state index contributed by atoms with van der Waals surface area (Å²) in [6.45, 7) is 4.26. The van der Waals surface area contributed by atoms with Crippen LogP contribution in [0.15, 0.2) is 42.7 Å². The Bertz CT molecular complexity index is 623. The van der Waals surface area contributed by atoms with E-state index in [1.807, 2.05) is 12.3 Å². The van der Waals surface area contributed by atoms with Gasteiger partial charge in [0.1, 0.15) is 5.75 Å². The van der Waals surface area contributed by atoms with Crippen LogP contribution in [0.25, 0.3) is 11.1 Å². The lowest BCUT2D eigenvalue weighted by Crippen LogP contribution is -2.23. The van der Waals surface area contributed by atoms with E-state index in [2.05, 4.69) is 43.1 Å². The molecule has 1 unspecified atom stereocenters. The first-order valence-corrected chi connectivity index (χ1v) is 7.32. The fraction of sp³-hybridized carbons (Fsp3) is 0.294. The van der Waals surface area contributed by atoms with Crippen molar-refractivity contribution in [3.8, 4) is 16.9 Å². The molecule has 0 saturated carbocycles. The van der Waals surface area contributed by atoms with Crippen LogP contribution in [0.5, 0.6) is 5.75 Å². The van der Waals surface area contributed by atoms with Crippen molar-refractivity contribution >= 4 is 17.2 Å². The summed E-state index contributed by atoms with van der Waals surface area (Å²) in [6.07, 6.45) is 3.52. The average molecular weight is 300 g/mol. The van der Waals surface area contributed by atoms with Crippen LogP contribution in [-0.4, -0.2) is 17.1 Å². The zero-order chi connectivity index (χ0) is 15.4. The van der Waals surface area contributed by atoms with Gasteiger partial charge in [-0.25, -0.2) is 0 Å². The normalized spacial score (nSPS) is 12.2. The van der Waals surface area contributed by atoms with E-state index in [1.165, 1.54) is 0 Å². The molecule has 3 nitrogen and oxygen atoms in total. The van der Waals surface area contributed by atoms with Gasteiger partial charge < -0.3 is 10.5 Å². The minimum atomic E-state index is 0.109. The van der Waals surface area contributed by atoms with Crippen LogP contribution in [0.3, 0.4) is 0 Å². The third-order valence-corrected chi connectivity index (χ3v) is 3.78. The molecule has 0 aliphatic rings. The third kappa shape index (κ3) is 3.58.